The summed E-state index contributed by atoms with van der Waals surface area (Å²) in [7, 11) is 0. The van der Waals surface area contributed by atoms with Crippen molar-refractivity contribution in [3.63, 3.8) is 0 Å². The highest BCUT2D eigenvalue weighted by Crippen LogP contribution is 2.29. The fourth-order valence-corrected chi connectivity index (χ4v) is 3.03. The lowest BCUT2D eigenvalue weighted by Crippen LogP contribution is -2.49. The first-order valence-electron chi connectivity index (χ1n) is 6.70. The van der Waals surface area contributed by atoms with Crippen LogP contribution in [0, 0.1) is 18.3 Å². The number of rotatable bonds is 5. The minimum atomic E-state index is 0.294. The van der Waals surface area contributed by atoms with Gasteiger partial charge in [0, 0.05) is 6.04 Å². The molecular formula is C14H26N2. The van der Waals surface area contributed by atoms with Gasteiger partial charge in [-0.3, -0.25) is 4.90 Å². The molecule has 0 bridgehead atoms. The van der Waals surface area contributed by atoms with Crippen LogP contribution in [0.15, 0.2) is 0 Å². The summed E-state index contributed by atoms with van der Waals surface area (Å²) in [6.45, 7) is 6.24. The molecule has 0 amide bonds. The molecule has 0 radical (unpaired) electrons. The van der Waals surface area contributed by atoms with Crippen LogP contribution < -0.4 is 5.73 Å². The number of nitrogens with zero attached hydrogens (tertiary/aromatic N) is 1. The third-order valence-corrected chi connectivity index (χ3v) is 3.94. The molecule has 0 heterocycles. The fourth-order valence-electron chi connectivity index (χ4n) is 3.03. The summed E-state index contributed by atoms with van der Waals surface area (Å²) in [5, 5.41) is 0. The molecule has 1 aliphatic rings. The molecule has 92 valence electrons. The maximum absolute atomic E-state index is 5.89. The van der Waals surface area contributed by atoms with E-state index < -0.39 is 0 Å². The molecule has 1 rings (SSSR count). The van der Waals surface area contributed by atoms with Crippen LogP contribution in [0.2, 0.25) is 0 Å². The lowest BCUT2D eigenvalue weighted by Gasteiger charge is -2.41. The number of hydrogen-bond acceptors (Lipinski definition) is 2. The summed E-state index contributed by atoms with van der Waals surface area (Å²) in [6.07, 6.45) is 11.9. The van der Waals surface area contributed by atoms with Gasteiger partial charge < -0.3 is 5.73 Å². The average molecular weight is 222 g/mol. The van der Waals surface area contributed by atoms with Crippen LogP contribution in [0.4, 0.5) is 0 Å². The Morgan fingerprint density at radius 3 is 2.56 bits per heavy atom. The van der Waals surface area contributed by atoms with Crippen molar-refractivity contribution in [3.8, 4) is 12.3 Å². The molecule has 0 saturated heterocycles. The van der Waals surface area contributed by atoms with Crippen LogP contribution >= 0.6 is 0 Å². The van der Waals surface area contributed by atoms with Crippen LogP contribution in [0.5, 0.6) is 0 Å². The van der Waals surface area contributed by atoms with Gasteiger partial charge in [0.25, 0.3) is 0 Å². The minimum absolute atomic E-state index is 0.294. The topological polar surface area (TPSA) is 29.3 Å². The van der Waals surface area contributed by atoms with Gasteiger partial charge in [-0.05, 0) is 38.3 Å². The second-order valence-corrected chi connectivity index (χ2v) is 4.77. The zero-order chi connectivity index (χ0) is 12.0. The van der Waals surface area contributed by atoms with Crippen LogP contribution in [0.3, 0.4) is 0 Å². The molecule has 0 spiro atoms. The Morgan fingerprint density at radius 1 is 1.38 bits per heavy atom. The van der Waals surface area contributed by atoms with Crippen molar-refractivity contribution in [1.82, 2.24) is 4.90 Å². The van der Waals surface area contributed by atoms with Crippen molar-refractivity contribution in [2.24, 2.45) is 11.7 Å². The fraction of sp³-hybridized carbons (Fsp3) is 0.857. The highest BCUT2D eigenvalue weighted by molar-refractivity contribution is 5.02. The van der Waals surface area contributed by atoms with E-state index in [4.69, 9.17) is 12.2 Å². The second kappa shape index (κ2) is 6.93. The molecule has 0 aromatic heterocycles. The molecular weight excluding hydrogens is 196 g/mol. The van der Waals surface area contributed by atoms with Gasteiger partial charge in [-0.2, -0.15) is 0 Å². The van der Waals surface area contributed by atoms with Crippen molar-refractivity contribution in [3.05, 3.63) is 0 Å². The summed E-state index contributed by atoms with van der Waals surface area (Å²) in [6, 6.07) is 0.909. The third kappa shape index (κ3) is 2.99. The Labute approximate surface area is 101 Å². The van der Waals surface area contributed by atoms with Crippen LogP contribution in [-0.2, 0) is 0 Å². The molecule has 1 saturated carbocycles. The van der Waals surface area contributed by atoms with Gasteiger partial charge in [0.1, 0.15) is 0 Å². The monoisotopic (exact) mass is 222 g/mol. The Morgan fingerprint density at radius 2 is 2.06 bits per heavy atom. The molecule has 0 aliphatic heterocycles. The molecule has 3 unspecified atom stereocenters. The maximum atomic E-state index is 5.89. The average Bonchev–Trinajstić information content (AvgIpc) is 2.35. The smallest absolute Gasteiger partial charge is 0.0711 e. The Balaban J connectivity index is 2.72. The second-order valence-electron chi connectivity index (χ2n) is 4.77. The number of nitrogens with two attached hydrogens (primary N) is 1. The molecule has 2 nitrogen and oxygen atoms in total. The summed E-state index contributed by atoms with van der Waals surface area (Å²) < 4.78 is 0. The molecule has 0 aromatic rings. The third-order valence-electron chi connectivity index (χ3n) is 3.94. The van der Waals surface area contributed by atoms with E-state index in [-0.39, 0.29) is 0 Å². The number of hydrogen-bond donors (Lipinski definition) is 1. The summed E-state index contributed by atoms with van der Waals surface area (Å²) in [4.78, 5) is 2.50. The quantitative estimate of drug-likeness (QED) is 0.723. The van der Waals surface area contributed by atoms with Gasteiger partial charge >= 0.3 is 0 Å². The highest BCUT2D eigenvalue weighted by atomic mass is 15.2. The summed E-state index contributed by atoms with van der Waals surface area (Å²) >= 11 is 0. The first-order valence-corrected chi connectivity index (χ1v) is 6.70. The van der Waals surface area contributed by atoms with Crippen LogP contribution in [0.25, 0.3) is 0 Å². The molecule has 1 fully saturated rings. The molecule has 0 aromatic carbocycles. The predicted molar refractivity (Wildman–Crippen MR) is 70.1 cm³/mol. The van der Waals surface area contributed by atoms with E-state index in [2.05, 4.69) is 24.7 Å². The Kier molecular flexibility index (Phi) is 5.87. The van der Waals surface area contributed by atoms with E-state index in [1.165, 1.54) is 25.7 Å². The normalized spacial score (nSPS) is 27.7. The zero-order valence-electron chi connectivity index (χ0n) is 10.8. The van der Waals surface area contributed by atoms with Crippen LogP contribution in [-0.4, -0.2) is 30.1 Å². The maximum Gasteiger partial charge on any atom is 0.0711 e. The van der Waals surface area contributed by atoms with Crippen molar-refractivity contribution in [1.29, 1.82) is 0 Å². The number of terminal acetylenes is 1. The van der Waals surface area contributed by atoms with Gasteiger partial charge in [0.05, 0.1) is 6.04 Å². The van der Waals surface area contributed by atoms with Crippen LogP contribution in [0.1, 0.15) is 46.0 Å². The van der Waals surface area contributed by atoms with E-state index in [9.17, 15) is 0 Å². The molecule has 2 heteroatoms. The largest absolute Gasteiger partial charge is 0.330 e. The molecule has 3 atom stereocenters. The van der Waals surface area contributed by atoms with E-state index in [0.29, 0.717) is 18.0 Å². The predicted octanol–water partition coefficient (Wildman–Crippen LogP) is 2.24. The molecule has 2 N–H and O–H groups in total. The first-order chi connectivity index (χ1) is 7.78. The molecule has 16 heavy (non-hydrogen) atoms. The molecule has 1 aliphatic carbocycles. The minimum Gasteiger partial charge on any atom is -0.330 e. The lowest BCUT2D eigenvalue weighted by atomic mass is 9.83. The van der Waals surface area contributed by atoms with E-state index in [1.54, 1.807) is 0 Å². The zero-order valence-corrected chi connectivity index (χ0v) is 10.8. The Bertz CT molecular complexity index is 231. The first kappa shape index (κ1) is 13.5. The SMILES string of the molecule is C#CC(CC)N(CC)C1CCCCC1CN. The van der Waals surface area contributed by atoms with Gasteiger partial charge in [-0.15, -0.1) is 6.42 Å². The van der Waals surface area contributed by atoms with Crippen molar-refractivity contribution >= 4 is 0 Å². The van der Waals surface area contributed by atoms with Crippen molar-refractivity contribution in [2.75, 3.05) is 13.1 Å². The Hall–Kier alpha value is -0.520. The van der Waals surface area contributed by atoms with Gasteiger partial charge in [-0.25, -0.2) is 0 Å². The summed E-state index contributed by atoms with van der Waals surface area (Å²) in [5.41, 5.74) is 5.89. The van der Waals surface area contributed by atoms with Gasteiger partial charge in [-0.1, -0.05) is 32.6 Å². The van der Waals surface area contributed by atoms with Crippen molar-refractivity contribution < 1.29 is 0 Å². The lowest BCUT2D eigenvalue weighted by molar-refractivity contribution is 0.0896. The van der Waals surface area contributed by atoms with Crippen molar-refractivity contribution in [2.45, 2.75) is 58.0 Å². The summed E-state index contributed by atoms with van der Waals surface area (Å²) in [5.74, 6) is 3.58. The highest BCUT2D eigenvalue weighted by Gasteiger charge is 2.31. The van der Waals surface area contributed by atoms with E-state index >= 15 is 0 Å². The van der Waals surface area contributed by atoms with Gasteiger partial charge in [0.15, 0.2) is 0 Å². The van der Waals surface area contributed by atoms with E-state index in [0.717, 1.165) is 19.5 Å². The van der Waals surface area contributed by atoms with Gasteiger partial charge in [0.2, 0.25) is 0 Å². The van der Waals surface area contributed by atoms with E-state index in [1.807, 2.05) is 0 Å². The standard InChI is InChI=1S/C14H26N2/c1-4-13(5-2)16(6-3)14-10-8-7-9-12(14)11-15/h1,12-14H,5-11,15H2,2-3H3.